The molecule has 1 aliphatic rings. The number of hydrogen-bond acceptors (Lipinski definition) is 3. The van der Waals surface area contributed by atoms with Crippen molar-refractivity contribution in [2.45, 2.75) is 25.7 Å². The van der Waals surface area contributed by atoms with E-state index in [0.29, 0.717) is 5.69 Å². The van der Waals surface area contributed by atoms with Gasteiger partial charge in [-0.2, -0.15) is 0 Å². The minimum Gasteiger partial charge on any atom is -0.292 e. The van der Waals surface area contributed by atoms with Crippen molar-refractivity contribution in [2.75, 3.05) is 0 Å². The van der Waals surface area contributed by atoms with Gasteiger partial charge in [-0.3, -0.25) is 4.79 Å². The van der Waals surface area contributed by atoms with Crippen molar-refractivity contribution in [3.8, 4) is 0 Å². The third-order valence-corrected chi connectivity index (χ3v) is 2.56. The van der Waals surface area contributed by atoms with Gasteiger partial charge in [0.2, 0.25) is 0 Å². The third kappa shape index (κ3) is 1.74. The first-order valence-electron chi connectivity index (χ1n) is 4.68. The molecule has 1 saturated carbocycles. The quantitative estimate of drug-likeness (QED) is 0.646. The highest BCUT2D eigenvalue weighted by Crippen LogP contribution is 2.27. The zero-order valence-corrected chi connectivity index (χ0v) is 7.44. The van der Waals surface area contributed by atoms with Crippen LogP contribution in [0.3, 0.4) is 0 Å². The molecular formula is C10H12N2O. The maximum absolute atomic E-state index is 11.8. The van der Waals surface area contributed by atoms with Crippen LogP contribution in [-0.2, 0) is 0 Å². The summed E-state index contributed by atoms with van der Waals surface area (Å²) in [6.07, 6.45) is 7.48. The van der Waals surface area contributed by atoms with Crippen molar-refractivity contribution in [3.63, 3.8) is 0 Å². The zero-order chi connectivity index (χ0) is 9.10. The highest BCUT2D eigenvalue weighted by molar-refractivity contribution is 5.96. The average molecular weight is 176 g/mol. The van der Waals surface area contributed by atoms with Crippen LogP contribution in [0.1, 0.15) is 36.2 Å². The lowest BCUT2D eigenvalue weighted by atomic mass is 10.0. The standard InChI is InChI=1S/C10H12N2O/c13-10(8-3-1-2-4-8)9-5-6-11-7-12-9/h5-8H,1-4H2. The fourth-order valence-corrected chi connectivity index (χ4v) is 1.83. The fourth-order valence-electron chi connectivity index (χ4n) is 1.83. The Bertz CT molecular complexity index is 291. The topological polar surface area (TPSA) is 42.9 Å². The summed E-state index contributed by atoms with van der Waals surface area (Å²) in [6, 6.07) is 1.70. The molecule has 0 unspecified atom stereocenters. The second kappa shape index (κ2) is 3.64. The first kappa shape index (κ1) is 8.35. The van der Waals surface area contributed by atoms with E-state index >= 15 is 0 Å². The number of nitrogens with zero attached hydrogens (tertiary/aromatic N) is 2. The van der Waals surface area contributed by atoms with Crippen LogP contribution >= 0.6 is 0 Å². The predicted molar refractivity (Wildman–Crippen MR) is 48.3 cm³/mol. The number of Topliss-reactive ketones (excluding diaryl/α,β-unsaturated/α-hetero) is 1. The molecular weight excluding hydrogens is 164 g/mol. The first-order valence-corrected chi connectivity index (χ1v) is 4.68. The van der Waals surface area contributed by atoms with Crippen LogP contribution in [0.2, 0.25) is 0 Å². The lowest BCUT2D eigenvalue weighted by molar-refractivity contribution is 0.0917. The van der Waals surface area contributed by atoms with E-state index in [2.05, 4.69) is 9.97 Å². The van der Waals surface area contributed by atoms with Crippen LogP contribution in [0, 0.1) is 5.92 Å². The monoisotopic (exact) mass is 176 g/mol. The summed E-state index contributed by atoms with van der Waals surface area (Å²) in [5.74, 6) is 0.412. The Morgan fingerprint density at radius 2 is 2.15 bits per heavy atom. The number of ketones is 1. The van der Waals surface area contributed by atoms with Crippen molar-refractivity contribution in [1.82, 2.24) is 9.97 Å². The van der Waals surface area contributed by atoms with Gasteiger partial charge in [-0.25, -0.2) is 9.97 Å². The Kier molecular flexibility index (Phi) is 2.34. The Morgan fingerprint density at radius 1 is 1.38 bits per heavy atom. The van der Waals surface area contributed by atoms with Crippen molar-refractivity contribution in [1.29, 1.82) is 0 Å². The Balaban J connectivity index is 2.13. The van der Waals surface area contributed by atoms with E-state index < -0.39 is 0 Å². The van der Waals surface area contributed by atoms with Gasteiger partial charge < -0.3 is 0 Å². The third-order valence-electron chi connectivity index (χ3n) is 2.56. The smallest absolute Gasteiger partial charge is 0.184 e. The van der Waals surface area contributed by atoms with Gasteiger partial charge >= 0.3 is 0 Å². The lowest BCUT2D eigenvalue weighted by Gasteiger charge is -2.05. The second-order valence-electron chi connectivity index (χ2n) is 3.44. The van der Waals surface area contributed by atoms with Gasteiger partial charge in [0.25, 0.3) is 0 Å². The normalized spacial score (nSPS) is 17.5. The first-order chi connectivity index (χ1) is 6.38. The Hall–Kier alpha value is -1.25. The summed E-state index contributed by atoms with van der Waals surface area (Å²) in [5, 5.41) is 0. The molecule has 3 heteroatoms. The van der Waals surface area contributed by atoms with Gasteiger partial charge in [0.05, 0.1) is 0 Å². The minimum absolute atomic E-state index is 0.194. The van der Waals surface area contributed by atoms with Crippen LogP contribution in [0.25, 0.3) is 0 Å². The molecule has 1 aromatic rings. The minimum atomic E-state index is 0.194. The van der Waals surface area contributed by atoms with Gasteiger partial charge in [-0.05, 0) is 18.9 Å². The van der Waals surface area contributed by atoms with Crippen LogP contribution < -0.4 is 0 Å². The average Bonchev–Trinajstić information content (AvgIpc) is 2.71. The number of carbonyl (C=O) groups excluding carboxylic acids is 1. The SMILES string of the molecule is O=C(c1ccncn1)C1CCCC1. The second-order valence-corrected chi connectivity index (χ2v) is 3.44. The summed E-state index contributed by atoms with van der Waals surface area (Å²) in [4.78, 5) is 19.5. The van der Waals surface area contributed by atoms with E-state index in [-0.39, 0.29) is 11.7 Å². The van der Waals surface area contributed by atoms with Gasteiger partial charge in [0.1, 0.15) is 12.0 Å². The van der Waals surface area contributed by atoms with Crippen LogP contribution in [-0.4, -0.2) is 15.8 Å². The lowest BCUT2D eigenvalue weighted by Crippen LogP contribution is -2.12. The van der Waals surface area contributed by atoms with E-state index in [1.165, 1.54) is 19.2 Å². The maximum atomic E-state index is 11.8. The van der Waals surface area contributed by atoms with E-state index in [1.807, 2.05) is 0 Å². The molecule has 0 bridgehead atoms. The summed E-state index contributed by atoms with van der Waals surface area (Å²) < 4.78 is 0. The van der Waals surface area contributed by atoms with E-state index in [1.54, 1.807) is 12.3 Å². The molecule has 3 nitrogen and oxygen atoms in total. The maximum Gasteiger partial charge on any atom is 0.184 e. The molecule has 0 atom stereocenters. The highest BCUT2D eigenvalue weighted by atomic mass is 16.1. The molecule has 0 radical (unpaired) electrons. The molecule has 68 valence electrons. The molecule has 13 heavy (non-hydrogen) atoms. The van der Waals surface area contributed by atoms with Crippen molar-refractivity contribution in [3.05, 3.63) is 24.3 Å². The molecule has 0 saturated heterocycles. The number of aromatic nitrogens is 2. The van der Waals surface area contributed by atoms with Crippen LogP contribution in [0.5, 0.6) is 0 Å². The summed E-state index contributed by atoms with van der Waals surface area (Å²) in [7, 11) is 0. The number of hydrogen-bond donors (Lipinski definition) is 0. The van der Waals surface area contributed by atoms with Gasteiger partial charge in [-0.15, -0.1) is 0 Å². The molecule has 0 aliphatic heterocycles. The van der Waals surface area contributed by atoms with E-state index in [9.17, 15) is 4.79 Å². The van der Waals surface area contributed by atoms with Crippen LogP contribution in [0.4, 0.5) is 0 Å². The largest absolute Gasteiger partial charge is 0.292 e. The van der Waals surface area contributed by atoms with Gasteiger partial charge in [0.15, 0.2) is 5.78 Å². The van der Waals surface area contributed by atoms with Crippen LogP contribution in [0.15, 0.2) is 18.6 Å². The molecule has 2 rings (SSSR count). The Labute approximate surface area is 77.2 Å². The van der Waals surface area contributed by atoms with Crippen molar-refractivity contribution in [2.24, 2.45) is 5.92 Å². The number of carbonyl (C=O) groups is 1. The molecule has 1 aromatic heterocycles. The van der Waals surface area contributed by atoms with E-state index in [0.717, 1.165) is 12.8 Å². The summed E-state index contributed by atoms with van der Waals surface area (Å²) in [6.45, 7) is 0. The molecule has 1 heterocycles. The van der Waals surface area contributed by atoms with Gasteiger partial charge in [-0.1, -0.05) is 12.8 Å². The summed E-state index contributed by atoms with van der Waals surface area (Å²) >= 11 is 0. The number of rotatable bonds is 2. The molecule has 0 N–H and O–H groups in total. The fraction of sp³-hybridized carbons (Fsp3) is 0.500. The molecule has 1 aliphatic carbocycles. The highest BCUT2D eigenvalue weighted by Gasteiger charge is 2.24. The Morgan fingerprint density at radius 3 is 2.77 bits per heavy atom. The van der Waals surface area contributed by atoms with Crippen molar-refractivity contribution < 1.29 is 4.79 Å². The molecule has 0 spiro atoms. The predicted octanol–water partition coefficient (Wildman–Crippen LogP) is 1.85. The van der Waals surface area contributed by atoms with Gasteiger partial charge in [0, 0.05) is 12.1 Å². The molecule has 1 fully saturated rings. The summed E-state index contributed by atoms with van der Waals surface area (Å²) in [5.41, 5.74) is 0.571. The van der Waals surface area contributed by atoms with Crippen molar-refractivity contribution >= 4 is 5.78 Å². The van der Waals surface area contributed by atoms with E-state index in [4.69, 9.17) is 0 Å². The molecule has 0 aromatic carbocycles. The molecule has 0 amide bonds. The zero-order valence-electron chi connectivity index (χ0n) is 7.44.